The summed E-state index contributed by atoms with van der Waals surface area (Å²) in [7, 11) is -2.32. The van der Waals surface area contributed by atoms with Gasteiger partial charge in [-0.3, -0.25) is 8.87 Å². The summed E-state index contributed by atoms with van der Waals surface area (Å²) in [6.45, 7) is 1.99. The molecular weight excluding hydrogens is 427 g/mol. The smallest absolute Gasteiger partial charge is 0.278 e. The van der Waals surface area contributed by atoms with Crippen molar-refractivity contribution in [3.63, 3.8) is 0 Å². The second-order valence-electron chi connectivity index (χ2n) is 5.07. The van der Waals surface area contributed by atoms with E-state index >= 15 is 0 Å². The molecule has 1 aromatic heterocycles. The summed E-state index contributed by atoms with van der Waals surface area (Å²) in [5.74, 6) is -0.372. The van der Waals surface area contributed by atoms with Crippen LogP contribution in [-0.2, 0) is 16.6 Å². The number of hydrogen-bond donors (Lipinski definition) is 0. The van der Waals surface area contributed by atoms with Crippen molar-refractivity contribution in [1.29, 1.82) is 0 Å². The van der Waals surface area contributed by atoms with Crippen LogP contribution in [-0.4, -0.2) is 41.4 Å². The molecule has 24 heavy (non-hydrogen) atoms. The van der Waals surface area contributed by atoms with Gasteiger partial charge in [0, 0.05) is 18.9 Å². The number of nitrogens with zero attached hydrogens (tertiary/aromatic N) is 4. The van der Waals surface area contributed by atoms with Crippen LogP contribution in [0.3, 0.4) is 0 Å². The maximum absolute atomic E-state index is 14.3. The molecule has 0 N–H and O–H groups in total. The fourth-order valence-corrected chi connectivity index (χ4v) is 3.29. The molecule has 0 aliphatic heterocycles. The van der Waals surface area contributed by atoms with Crippen LogP contribution in [0.4, 0.5) is 10.1 Å². The van der Waals surface area contributed by atoms with E-state index in [1.54, 1.807) is 6.92 Å². The van der Waals surface area contributed by atoms with Gasteiger partial charge in [-0.25, -0.2) is 17.6 Å². The molecule has 1 heterocycles. The predicted octanol–water partition coefficient (Wildman–Crippen LogP) is 1.93. The lowest BCUT2D eigenvalue weighted by molar-refractivity contribution is 0.598. The van der Waals surface area contributed by atoms with Crippen LogP contribution in [0.2, 0.25) is 5.02 Å². The number of sulfonamides is 1. The van der Waals surface area contributed by atoms with Crippen molar-refractivity contribution >= 4 is 43.2 Å². The van der Waals surface area contributed by atoms with Crippen LogP contribution in [0.5, 0.6) is 0 Å². The normalized spacial score (nSPS) is 11.8. The largest absolute Gasteiger partial charge is 0.350 e. The van der Waals surface area contributed by atoms with Gasteiger partial charge in [0.15, 0.2) is 5.82 Å². The highest BCUT2D eigenvalue weighted by Gasteiger charge is 2.21. The Kier molecular flexibility index (Phi) is 5.41. The molecule has 1 aromatic carbocycles. The summed E-state index contributed by atoms with van der Waals surface area (Å²) >= 11 is 9.19. The van der Waals surface area contributed by atoms with E-state index in [0.29, 0.717) is 17.7 Å². The molecule has 2 aromatic rings. The maximum Gasteiger partial charge on any atom is 0.350 e. The van der Waals surface area contributed by atoms with Crippen molar-refractivity contribution < 1.29 is 12.8 Å². The fourth-order valence-electron chi connectivity index (χ4n) is 2.10. The van der Waals surface area contributed by atoms with Crippen molar-refractivity contribution in [1.82, 2.24) is 14.3 Å². The molecule has 0 unspecified atom stereocenters. The van der Waals surface area contributed by atoms with E-state index in [1.807, 2.05) is 0 Å². The van der Waals surface area contributed by atoms with E-state index in [9.17, 15) is 17.6 Å². The second kappa shape index (κ2) is 6.85. The van der Waals surface area contributed by atoms with E-state index in [-0.39, 0.29) is 16.4 Å². The van der Waals surface area contributed by atoms with Crippen LogP contribution in [0, 0.1) is 12.7 Å². The number of aryl methyl sites for hydroxylation is 1. The van der Waals surface area contributed by atoms with E-state index in [1.165, 1.54) is 17.7 Å². The quantitative estimate of drug-likeness (QED) is 0.664. The SMILES string of the molecule is Cc1nn(-c2cc(N(C)S(C)(=O)=O)c(Cl)cc2F)c(=O)n1CCBr. The first kappa shape index (κ1) is 18.9. The molecular formula is C13H15BrClFN4O3S. The van der Waals surface area contributed by atoms with Gasteiger partial charge in [-0.1, -0.05) is 27.5 Å². The van der Waals surface area contributed by atoms with Crippen LogP contribution in [0.15, 0.2) is 16.9 Å². The molecule has 0 aliphatic carbocycles. The minimum atomic E-state index is -3.60. The van der Waals surface area contributed by atoms with Gasteiger partial charge in [0.25, 0.3) is 0 Å². The molecule has 2 rings (SSSR count). The first-order valence-electron chi connectivity index (χ1n) is 6.73. The van der Waals surface area contributed by atoms with Gasteiger partial charge < -0.3 is 0 Å². The topological polar surface area (TPSA) is 77.2 Å². The van der Waals surface area contributed by atoms with Gasteiger partial charge >= 0.3 is 5.69 Å². The van der Waals surface area contributed by atoms with Gasteiger partial charge in [0.05, 0.1) is 17.0 Å². The van der Waals surface area contributed by atoms with Gasteiger partial charge in [-0.05, 0) is 19.1 Å². The molecule has 0 fully saturated rings. The van der Waals surface area contributed by atoms with Crippen molar-refractivity contribution in [2.45, 2.75) is 13.5 Å². The van der Waals surface area contributed by atoms with Crippen LogP contribution in [0.1, 0.15) is 5.82 Å². The van der Waals surface area contributed by atoms with Gasteiger partial charge in [-0.2, -0.15) is 9.78 Å². The molecule has 0 amide bonds. The van der Waals surface area contributed by atoms with Crippen LogP contribution >= 0.6 is 27.5 Å². The third-order valence-corrected chi connectivity index (χ3v) is 5.29. The minimum absolute atomic E-state index is 0.0511. The molecule has 11 heteroatoms. The highest BCUT2D eigenvalue weighted by molar-refractivity contribution is 9.09. The third-order valence-electron chi connectivity index (χ3n) is 3.44. The lowest BCUT2D eigenvalue weighted by Crippen LogP contribution is -2.27. The third kappa shape index (κ3) is 3.50. The standard InChI is InChI=1S/C13H15BrClFN4O3S/c1-8-17-20(13(21)19(8)5-4-14)12-7-11(9(15)6-10(12)16)18(2)24(3,22)23/h6-7H,4-5H2,1-3H3. The molecule has 132 valence electrons. The van der Waals surface area contributed by atoms with Crippen LogP contribution in [0.25, 0.3) is 5.69 Å². The molecule has 0 saturated carbocycles. The zero-order valence-corrected chi connectivity index (χ0v) is 16.3. The highest BCUT2D eigenvalue weighted by Crippen LogP contribution is 2.30. The Labute approximate surface area is 151 Å². The number of aromatic nitrogens is 3. The van der Waals surface area contributed by atoms with Crippen LogP contribution < -0.4 is 9.99 Å². The van der Waals surface area contributed by atoms with Gasteiger partial charge in [0.2, 0.25) is 10.0 Å². The maximum atomic E-state index is 14.3. The molecule has 0 atom stereocenters. The molecule has 0 spiro atoms. The zero-order chi connectivity index (χ0) is 18.2. The monoisotopic (exact) mass is 440 g/mol. The first-order chi connectivity index (χ1) is 11.1. The van der Waals surface area contributed by atoms with Crippen molar-refractivity contribution in [2.75, 3.05) is 22.9 Å². The summed E-state index contributed by atoms with van der Waals surface area (Å²) in [4.78, 5) is 12.4. The second-order valence-corrected chi connectivity index (χ2v) is 8.28. The fraction of sp³-hybridized carbons (Fsp3) is 0.385. The first-order valence-corrected chi connectivity index (χ1v) is 10.1. The number of halogens is 3. The zero-order valence-electron chi connectivity index (χ0n) is 13.1. The molecule has 0 saturated heterocycles. The average Bonchev–Trinajstić information content (AvgIpc) is 2.74. The Morgan fingerprint density at radius 3 is 2.58 bits per heavy atom. The van der Waals surface area contributed by atoms with E-state index in [0.717, 1.165) is 21.3 Å². The Morgan fingerprint density at radius 2 is 2.04 bits per heavy atom. The Balaban J connectivity index is 2.69. The van der Waals surface area contributed by atoms with E-state index < -0.39 is 21.5 Å². The average molecular weight is 442 g/mol. The van der Waals surface area contributed by atoms with E-state index in [4.69, 9.17) is 11.6 Å². The lowest BCUT2D eigenvalue weighted by Gasteiger charge is -2.19. The Hall–Kier alpha value is -1.39. The summed E-state index contributed by atoms with van der Waals surface area (Å²) in [5, 5.41) is 4.49. The molecule has 0 radical (unpaired) electrons. The molecule has 7 nitrogen and oxygen atoms in total. The number of benzene rings is 1. The Morgan fingerprint density at radius 1 is 1.42 bits per heavy atom. The molecule has 0 aliphatic rings. The number of anilines is 1. The predicted molar refractivity (Wildman–Crippen MR) is 94.6 cm³/mol. The summed E-state index contributed by atoms with van der Waals surface area (Å²) < 4.78 is 40.9. The number of hydrogen-bond acceptors (Lipinski definition) is 4. The van der Waals surface area contributed by atoms with Crippen molar-refractivity contribution in [2.24, 2.45) is 0 Å². The Bertz CT molecular complexity index is 941. The summed E-state index contributed by atoms with van der Waals surface area (Å²) in [5.41, 5.74) is -0.650. The van der Waals surface area contributed by atoms with E-state index in [2.05, 4.69) is 21.0 Å². The number of alkyl halides is 1. The van der Waals surface area contributed by atoms with Gasteiger partial charge in [-0.15, -0.1) is 0 Å². The molecule has 0 bridgehead atoms. The van der Waals surface area contributed by atoms with Crippen molar-refractivity contribution in [3.8, 4) is 5.69 Å². The summed E-state index contributed by atoms with van der Waals surface area (Å²) in [6.07, 6.45) is 0.993. The summed E-state index contributed by atoms with van der Waals surface area (Å²) in [6, 6.07) is 2.14. The van der Waals surface area contributed by atoms with Gasteiger partial charge in [0.1, 0.15) is 11.5 Å². The highest BCUT2D eigenvalue weighted by atomic mass is 79.9. The number of rotatable bonds is 5. The minimum Gasteiger partial charge on any atom is -0.278 e. The van der Waals surface area contributed by atoms with Crippen molar-refractivity contribution in [3.05, 3.63) is 39.3 Å². The lowest BCUT2D eigenvalue weighted by atomic mass is 10.2.